The van der Waals surface area contributed by atoms with Gasteiger partial charge in [-0.25, -0.2) is 0 Å². The minimum atomic E-state index is -0.224. The lowest BCUT2D eigenvalue weighted by Gasteiger charge is -2.14. The first-order chi connectivity index (χ1) is 9.15. The van der Waals surface area contributed by atoms with Gasteiger partial charge in [-0.15, -0.1) is 11.3 Å². The van der Waals surface area contributed by atoms with E-state index in [0.717, 1.165) is 11.1 Å². The molecule has 3 aromatic rings. The maximum absolute atomic E-state index is 6.37. The summed E-state index contributed by atoms with van der Waals surface area (Å²) in [4.78, 5) is 0. The van der Waals surface area contributed by atoms with Gasteiger partial charge >= 0.3 is 0 Å². The van der Waals surface area contributed by atoms with Crippen LogP contribution in [-0.2, 0) is 0 Å². The standard InChI is InChI=1S/C15H11Cl2NS/c16-11-6-10(7-12(17)8-11)14(18)13-3-1-2-9-4-5-19-15(9)13/h1-8,14H,18H2. The van der Waals surface area contributed by atoms with Gasteiger partial charge in [0.25, 0.3) is 0 Å². The number of nitrogens with two attached hydrogens (primary N) is 1. The van der Waals surface area contributed by atoms with Gasteiger partial charge in [-0.05, 0) is 46.2 Å². The number of halogens is 2. The molecule has 1 heterocycles. The van der Waals surface area contributed by atoms with Crippen LogP contribution < -0.4 is 5.73 Å². The Bertz CT molecular complexity index is 716. The molecule has 1 unspecified atom stereocenters. The van der Waals surface area contributed by atoms with E-state index in [4.69, 9.17) is 28.9 Å². The van der Waals surface area contributed by atoms with Gasteiger partial charge in [0.2, 0.25) is 0 Å². The number of thiophene rings is 1. The van der Waals surface area contributed by atoms with Crippen molar-refractivity contribution in [2.24, 2.45) is 5.73 Å². The number of hydrogen-bond acceptors (Lipinski definition) is 2. The van der Waals surface area contributed by atoms with E-state index in [1.54, 1.807) is 17.4 Å². The van der Waals surface area contributed by atoms with Gasteiger partial charge in [0.1, 0.15) is 0 Å². The Morgan fingerprint density at radius 2 is 1.74 bits per heavy atom. The molecule has 0 radical (unpaired) electrons. The third-order valence-electron chi connectivity index (χ3n) is 3.09. The van der Waals surface area contributed by atoms with Crippen molar-refractivity contribution in [2.45, 2.75) is 6.04 Å². The largest absolute Gasteiger partial charge is 0.320 e. The topological polar surface area (TPSA) is 26.0 Å². The molecule has 3 rings (SSSR count). The van der Waals surface area contributed by atoms with Gasteiger partial charge in [-0.1, -0.05) is 41.4 Å². The molecule has 0 spiro atoms. The summed E-state index contributed by atoms with van der Waals surface area (Å²) in [5.74, 6) is 0. The molecule has 0 aliphatic carbocycles. The third-order valence-corrected chi connectivity index (χ3v) is 4.50. The first-order valence-electron chi connectivity index (χ1n) is 5.83. The average Bonchev–Trinajstić information content (AvgIpc) is 2.84. The second kappa shape index (κ2) is 5.14. The molecule has 19 heavy (non-hydrogen) atoms. The summed E-state index contributed by atoms with van der Waals surface area (Å²) in [7, 11) is 0. The molecule has 0 saturated carbocycles. The molecule has 96 valence electrons. The summed E-state index contributed by atoms with van der Waals surface area (Å²) in [5.41, 5.74) is 8.40. The van der Waals surface area contributed by atoms with E-state index in [2.05, 4.69) is 23.6 Å². The van der Waals surface area contributed by atoms with E-state index in [1.807, 2.05) is 18.2 Å². The summed E-state index contributed by atoms with van der Waals surface area (Å²) in [6.07, 6.45) is 0. The van der Waals surface area contributed by atoms with Crippen LogP contribution in [-0.4, -0.2) is 0 Å². The average molecular weight is 308 g/mol. The van der Waals surface area contributed by atoms with Crippen molar-refractivity contribution >= 4 is 44.6 Å². The fourth-order valence-corrected chi connectivity index (χ4v) is 3.69. The van der Waals surface area contributed by atoms with Crippen LogP contribution >= 0.6 is 34.5 Å². The van der Waals surface area contributed by atoms with Crippen LogP contribution in [0.1, 0.15) is 17.2 Å². The molecule has 0 saturated heterocycles. The lowest BCUT2D eigenvalue weighted by atomic mass is 9.99. The Balaban J connectivity index is 2.13. The van der Waals surface area contributed by atoms with Crippen molar-refractivity contribution < 1.29 is 0 Å². The van der Waals surface area contributed by atoms with E-state index in [9.17, 15) is 0 Å². The highest BCUT2D eigenvalue weighted by Crippen LogP contribution is 2.32. The smallest absolute Gasteiger partial charge is 0.0566 e. The van der Waals surface area contributed by atoms with Gasteiger partial charge in [0, 0.05) is 14.7 Å². The summed E-state index contributed by atoms with van der Waals surface area (Å²) in [6, 6.07) is 13.5. The summed E-state index contributed by atoms with van der Waals surface area (Å²) >= 11 is 13.8. The van der Waals surface area contributed by atoms with Crippen molar-refractivity contribution in [2.75, 3.05) is 0 Å². The molecular formula is C15H11Cl2NS. The van der Waals surface area contributed by atoms with Gasteiger partial charge in [0.05, 0.1) is 6.04 Å². The number of rotatable bonds is 2. The molecule has 0 aliphatic heterocycles. The molecule has 0 fully saturated rings. The molecule has 1 aromatic heterocycles. The zero-order chi connectivity index (χ0) is 13.4. The Morgan fingerprint density at radius 1 is 1.00 bits per heavy atom. The molecule has 2 N–H and O–H groups in total. The Morgan fingerprint density at radius 3 is 2.47 bits per heavy atom. The molecule has 0 amide bonds. The molecule has 1 atom stereocenters. The Labute approximate surface area is 125 Å². The molecule has 4 heteroatoms. The summed E-state index contributed by atoms with van der Waals surface area (Å²) < 4.78 is 1.21. The number of fused-ring (bicyclic) bond motifs is 1. The Hall–Kier alpha value is -1.06. The minimum Gasteiger partial charge on any atom is -0.320 e. The summed E-state index contributed by atoms with van der Waals surface area (Å²) in [5, 5.41) is 4.50. The van der Waals surface area contributed by atoms with Crippen LogP contribution in [0.4, 0.5) is 0 Å². The SMILES string of the molecule is NC(c1cc(Cl)cc(Cl)c1)c1cccc2ccsc12. The maximum Gasteiger partial charge on any atom is 0.0566 e. The molecule has 0 aliphatic rings. The van der Waals surface area contributed by atoms with Crippen molar-refractivity contribution in [3.8, 4) is 0 Å². The molecular weight excluding hydrogens is 297 g/mol. The molecule has 2 aromatic carbocycles. The lowest BCUT2D eigenvalue weighted by Crippen LogP contribution is -2.11. The van der Waals surface area contributed by atoms with E-state index in [-0.39, 0.29) is 6.04 Å². The van der Waals surface area contributed by atoms with Crippen molar-refractivity contribution in [3.05, 3.63) is 69.0 Å². The zero-order valence-electron chi connectivity index (χ0n) is 9.94. The van der Waals surface area contributed by atoms with Crippen molar-refractivity contribution in [3.63, 3.8) is 0 Å². The first-order valence-corrected chi connectivity index (χ1v) is 7.46. The van der Waals surface area contributed by atoms with Crippen molar-refractivity contribution in [1.82, 2.24) is 0 Å². The van der Waals surface area contributed by atoms with Crippen LogP contribution in [0.5, 0.6) is 0 Å². The predicted octanol–water partition coefficient (Wildman–Crippen LogP) is 5.26. The van der Waals surface area contributed by atoms with Gasteiger partial charge in [-0.2, -0.15) is 0 Å². The monoisotopic (exact) mass is 307 g/mol. The fraction of sp³-hybridized carbons (Fsp3) is 0.0667. The fourth-order valence-electron chi connectivity index (χ4n) is 2.20. The van der Waals surface area contributed by atoms with E-state index in [0.29, 0.717) is 10.0 Å². The third kappa shape index (κ3) is 2.49. The van der Waals surface area contributed by atoms with Crippen LogP contribution in [0.2, 0.25) is 10.0 Å². The highest BCUT2D eigenvalue weighted by Gasteiger charge is 2.14. The van der Waals surface area contributed by atoms with Crippen LogP contribution in [0, 0.1) is 0 Å². The van der Waals surface area contributed by atoms with Gasteiger partial charge in [0.15, 0.2) is 0 Å². The zero-order valence-corrected chi connectivity index (χ0v) is 12.3. The summed E-state index contributed by atoms with van der Waals surface area (Å²) in [6.45, 7) is 0. The first kappa shape index (κ1) is 12.9. The van der Waals surface area contributed by atoms with Crippen molar-refractivity contribution in [1.29, 1.82) is 0 Å². The van der Waals surface area contributed by atoms with Crippen LogP contribution in [0.25, 0.3) is 10.1 Å². The van der Waals surface area contributed by atoms with Gasteiger partial charge in [-0.3, -0.25) is 0 Å². The molecule has 0 bridgehead atoms. The lowest BCUT2D eigenvalue weighted by molar-refractivity contribution is 0.882. The number of benzene rings is 2. The maximum atomic E-state index is 6.37. The highest BCUT2D eigenvalue weighted by atomic mass is 35.5. The predicted molar refractivity (Wildman–Crippen MR) is 84.3 cm³/mol. The highest BCUT2D eigenvalue weighted by molar-refractivity contribution is 7.17. The second-order valence-electron chi connectivity index (χ2n) is 4.37. The van der Waals surface area contributed by atoms with E-state index < -0.39 is 0 Å². The van der Waals surface area contributed by atoms with Gasteiger partial charge < -0.3 is 5.73 Å². The van der Waals surface area contributed by atoms with E-state index in [1.165, 1.54) is 10.1 Å². The normalized spacial score (nSPS) is 12.8. The number of hydrogen-bond donors (Lipinski definition) is 1. The quantitative estimate of drug-likeness (QED) is 0.687. The van der Waals surface area contributed by atoms with E-state index >= 15 is 0 Å². The molecule has 1 nitrogen and oxygen atoms in total. The van der Waals surface area contributed by atoms with Crippen LogP contribution in [0.15, 0.2) is 47.8 Å². The Kier molecular flexibility index (Phi) is 3.50. The van der Waals surface area contributed by atoms with Crippen LogP contribution in [0.3, 0.4) is 0 Å². The second-order valence-corrected chi connectivity index (χ2v) is 6.16. The minimum absolute atomic E-state index is 0.224.